The first-order valence-electron chi connectivity index (χ1n) is 10.1. The van der Waals surface area contributed by atoms with Gasteiger partial charge in [-0.3, -0.25) is 0 Å². The first kappa shape index (κ1) is 19.5. The van der Waals surface area contributed by atoms with Crippen molar-refractivity contribution in [2.75, 3.05) is 6.61 Å². The van der Waals surface area contributed by atoms with Crippen molar-refractivity contribution in [3.63, 3.8) is 0 Å². The molecule has 1 unspecified atom stereocenters. The molecule has 0 saturated carbocycles. The summed E-state index contributed by atoms with van der Waals surface area (Å²) in [5.74, 6) is 2.39. The Bertz CT molecular complexity index is 798. The number of ether oxygens (including phenoxy) is 1. The van der Waals surface area contributed by atoms with Crippen molar-refractivity contribution in [3.8, 4) is 11.3 Å². The monoisotopic (exact) mass is 365 g/mol. The van der Waals surface area contributed by atoms with Gasteiger partial charge in [-0.05, 0) is 43.4 Å². The number of unbranched alkanes of at least 4 members (excludes halogenated alkanes) is 2. The predicted molar refractivity (Wildman–Crippen MR) is 111 cm³/mol. The van der Waals surface area contributed by atoms with Crippen LogP contribution in [-0.2, 0) is 10.2 Å². The van der Waals surface area contributed by atoms with E-state index in [4.69, 9.17) is 9.26 Å². The summed E-state index contributed by atoms with van der Waals surface area (Å²) in [6, 6.07) is 10.6. The van der Waals surface area contributed by atoms with Crippen molar-refractivity contribution in [1.82, 2.24) is 5.16 Å². The Balaban J connectivity index is 1.66. The van der Waals surface area contributed by atoms with Crippen molar-refractivity contribution in [3.05, 3.63) is 65.6 Å². The van der Waals surface area contributed by atoms with E-state index in [0.717, 1.165) is 42.2 Å². The second-order valence-electron chi connectivity index (χ2n) is 7.97. The molecule has 3 heteroatoms. The summed E-state index contributed by atoms with van der Waals surface area (Å²) in [4.78, 5) is 0. The van der Waals surface area contributed by atoms with Crippen LogP contribution in [0, 0.1) is 0 Å². The van der Waals surface area contributed by atoms with Gasteiger partial charge in [-0.15, -0.1) is 0 Å². The fourth-order valence-corrected chi connectivity index (χ4v) is 3.27. The molecule has 27 heavy (non-hydrogen) atoms. The minimum absolute atomic E-state index is 0.181. The molecule has 144 valence electrons. The van der Waals surface area contributed by atoms with E-state index < -0.39 is 0 Å². The summed E-state index contributed by atoms with van der Waals surface area (Å²) in [5, 5.41) is 4.31. The molecule has 1 aromatic carbocycles. The highest BCUT2D eigenvalue weighted by atomic mass is 16.5. The molecular formula is C24H31NO2. The van der Waals surface area contributed by atoms with Gasteiger partial charge in [0.25, 0.3) is 0 Å². The van der Waals surface area contributed by atoms with E-state index >= 15 is 0 Å². The highest BCUT2D eigenvalue weighted by molar-refractivity contribution is 5.60. The molecule has 1 aliphatic carbocycles. The Labute approximate surface area is 163 Å². The maximum absolute atomic E-state index is 5.85. The smallest absolute Gasteiger partial charge is 0.147 e. The van der Waals surface area contributed by atoms with E-state index in [-0.39, 0.29) is 5.41 Å². The van der Waals surface area contributed by atoms with Crippen LogP contribution >= 0.6 is 0 Å². The summed E-state index contributed by atoms with van der Waals surface area (Å²) < 4.78 is 11.6. The van der Waals surface area contributed by atoms with Crippen LogP contribution in [0.5, 0.6) is 0 Å². The maximum Gasteiger partial charge on any atom is 0.147 e. The highest BCUT2D eigenvalue weighted by Crippen LogP contribution is 2.36. The minimum atomic E-state index is -0.181. The summed E-state index contributed by atoms with van der Waals surface area (Å²) >= 11 is 0. The predicted octanol–water partition coefficient (Wildman–Crippen LogP) is 6.77. The standard InChI is InChI=1S/C24H31NO2/c1-5-6-7-16-26-21-12-14-24(4,15-13-21)23-17-22(25-27-23)20-10-8-19(9-11-20)18(2)3/h8-14,17-18H,5-7,15-16H2,1-4H3. The van der Waals surface area contributed by atoms with Crippen molar-refractivity contribution in [2.24, 2.45) is 0 Å². The first-order valence-corrected chi connectivity index (χ1v) is 10.1. The third kappa shape index (κ3) is 4.71. The quantitative estimate of drug-likeness (QED) is 0.484. The van der Waals surface area contributed by atoms with Gasteiger partial charge in [-0.2, -0.15) is 0 Å². The molecule has 0 N–H and O–H groups in total. The van der Waals surface area contributed by atoms with Crippen LogP contribution in [0.2, 0.25) is 0 Å². The summed E-state index contributed by atoms with van der Waals surface area (Å²) in [5.41, 5.74) is 3.13. The highest BCUT2D eigenvalue weighted by Gasteiger charge is 2.30. The van der Waals surface area contributed by atoms with Crippen molar-refractivity contribution >= 4 is 0 Å². The fraction of sp³-hybridized carbons (Fsp3) is 0.458. The van der Waals surface area contributed by atoms with Gasteiger partial charge in [0.05, 0.1) is 12.0 Å². The van der Waals surface area contributed by atoms with E-state index in [1.807, 2.05) is 0 Å². The second kappa shape index (κ2) is 8.60. The van der Waals surface area contributed by atoms with Gasteiger partial charge in [-0.1, -0.05) is 69.1 Å². The van der Waals surface area contributed by atoms with Crippen molar-refractivity contribution in [1.29, 1.82) is 0 Å². The van der Waals surface area contributed by atoms with Crippen LogP contribution in [0.3, 0.4) is 0 Å². The zero-order valence-electron chi connectivity index (χ0n) is 17.0. The Hall–Kier alpha value is -2.29. The molecule has 1 aliphatic rings. The van der Waals surface area contributed by atoms with Gasteiger partial charge in [-0.25, -0.2) is 0 Å². The number of aromatic nitrogens is 1. The van der Waals surface area contributed by atoms with E-state index in [1.54, 1.807) is 0 Å². The van der Waals surface area contributed by atoms with E-state index in [9.17, 15) is 0 Å². The molecule has 2 aromatic rings. The normalized spacial score (nSPS) is 19.4. The molecule has 0 aliphatic heterocycles. The van der Waals surface area contributed by atoms with Crippen LogP contribution in [0.15, 0.2) is 58.8 Å². The summed E-state index contributed by atoms with van der Waals surface area (Å²) in [6.07, 6.45) is 10.8. The lowest BCUT2D eigenvalue weighted by molar-refractivity contribution is 0.212. The average Bonchev–Trinajstić information content (AvgIpc) is 3.18. The first-order chi connectivity index (χ1) is 13.0. The molecule has 0 amide bonds. The van der Waals surface area contributed by atoms with Gasteiger partial charge in [0.1, 0.15) is 17.2 Å². The third-order valence-corrected chi connectivity index (χ3v) is 5.31. The third-order valence-electron chi connectivity index (χ3n) is 5.31. The molecule has 0 bridgehead atoms. The number of hydrogen-bond acceptors (Lipinski definition) is 3. The van der Waals surface area contributed by atoms with Crippen molar-refractivity contribution < 1.29 is 9.26 Å². The number of allylic oxidation sites excluding steroid dienone is 3. The van der Waals surface area contributed by atoms with E-state index in [2.05, 4.69) is 81.4 Å². The molecule has 1 aromatic heterocycles. The zero-order chi connectivity index (χ0) is 19.3. The van der Waals surface area contributed by atoms with Gasteiger partial charge in [0, 0.05) is 11.6 Å². The van der Waals surface area contributed by atoms with Crippen LogP contribution < -0.4 is 0 Å². The Morgan fingerprint density at radius 3 is 2.59 bits per heavy atom. The average molecular weight is 366 g/mol. The number of hydrogen-bond donors (Lipinski definition) is 0. The van der Waals surface area contributed by atoms with Crippen LogP contribution in [-0.4, -0.2) is 11.8 Å². The minimum Gasteiger partial charge on any atom is -0.494 e. The number of benzene rings is 1. The molecule has 1 atom stereocenters. The van der Waals surface area contributed by atoms with E-state index in [1.165, 1.54) is 18.4 Å². The van der Waals surface area contributed by atoms with Gasteiger partial charge in [0.15, 0.2) is 0 Å². The van der Waals surface area contributed by atoms with Gasteiger partial charge in [0.2, 0.25) is 0 Å². The molecule has 0 spiro atoms. The lowest BCUT2D eigenvalue weighted by Gasteiger charge is -2.24. The Kier molecular flexibility index (Phi) is 6.20. The summed E-state index contributed by atoms with van der Waals surface area (Å²) in [6.45, 7) is 9.58. The van der Waals surface area contributed by atoms with Crippen molar-refractivity contribution in [2.45, 2.75) is 64.7 Å². The topological polar surface area (TPSA) is 35.3 Å². The van der Waals surface area contributed by atoms with Crippen LogP contribution in [0.4, 0.5) is 0 Å². The lowest BCUT2D eigenvalue weighted by Crippen LogP contribution is -2.20. The molecule has 3 nitrogen and oxygen atoms in total. The second-order valence-corrected chi connectivity index (χ2v) is 7.97. The van der Waals surface area contributed by atoms with Crippen LogP contribution in [0.25, 0.3) is 11.3 Å². The van der Waals surface area contributed by atoms with Gasteiger partial charge < -0.3 is 9.26 Å². The molecule has 3 rings (SSSR count). The Morgan fingerprint density at radius 2 is 1.96 bits per heavy atom. The zero-order valence-corrected chi connectivity index (χ0v) is 17.0. The molecular weight excluding hydrogens is 334 g/mol. The molecule has 0 saturated heterocycles. The number of rotatable bonds is 8. The SMILES string of the molecule is CCCCCOC1=CCC(C)(c2cc(-c3ccc(C(C)C)cc3)no2)C=C1. The summed E-state index contributed by atoms with van der Waals surface area (Å²) in [7, 11) is 0. The lowest BCUT2D eigenvalue weighted by atomic mass is 9.81. The maximum atomic E-state index is 5.85. The fourth-order valence-electron chi connectivity index (χ4n) is 3.27. The van der Waals surface area contributed by atoms with Gasteiger partial charge >= 0.3 is 0 Å². The number of nitrogens with zero attached hydrogens (tertiary/aromatic N) is 1. The molecule has 1 heterocycles. The van der Waals surface area contributed by atoms with Crippen LogP contribution in [0.1, 0.15) is 70.6 Å². The molecule has 0 fully saturated rings. The largest absolute Gasteiger partial charge is 0.494 e. The molecule has 0 radical (unpaired) electrons. The Morgan fingerprint density at radius 1 is 1.19 bits per heavy atom. The van der Waals surface area contributed by atoms with E-state index in [0.29, 0.717) is 5.92 Å².